The van der Waals surface area contributed by atoms with Crippen LogP contribution in [0, 0.1) is 0 Å². The standard InChI is InChI=1S/C23H25NO3/c25-20-8-3-1-6-18(20)10-11-22(26)24-16-5-13-23(15-17-24)14-12-19-7-2-4-9-21(19)27-23/h1-4,6-9,12,14,25H,5,10-11,13,15-17H2/t23-/m0/s1. The van der Waals surface area contributed by atoms with Crippen LogP contribution in [0.4, 0.5) is 0 Å². The third-order valence-corrected chi connectivity index (χ3v) is 5.58. The van der Waals surface area contributed by atoms with Crippen LogP contribution < -0.4 is 4.74 Å². The van der Waals surface area contributed by atoms with Crippen molar-refractivity contribution in [1.29, 1.82) is 0 Å². The van der Waals surface area contributed by atoms with Crippen LogP contribution in [-0.2, 0) is 11.2 Å². The highest BCUT2D eigenvalue weighted by Gasteiger charge is 2.35. The second-order valence-electron chi connectivity index (χ2n) is 7.40. The maximum atomic E-state index is 12.7. The first-order valence-electron chi connectivity index (χ1n) is 9.67. The van der Waals surface area contributed by atoms with E-state index in [-0.39, 0.29) is 17.3 Å². The Morgan fingerprint density at radius 3 is 2.78 bits per heavy atom. The van der Waals surface area contributed by atoms with Crippen molar-refractivity contribution >= 4 is 12.0 Å². The van der Waals surface area contributed by atoms with Gasteiger partial charge in [0.2, 0.25) is 5.91 Å². The molecule has 0 saturated carbocycles. The average molecular weight is 363 g/mol. The van der Waals surface area contributed by atoms with Crippen molar-refractivity contribution in [2.24, 2.45) is 0 Å². The first kappa shape index (κ1) is 17.7. The van der Waals surface area contributed by atoms with Crippen LogP contribution in [0.2, 0.25) is 0 Å². The van der Waals surface area contributed by atoms with Crippen LogP contribution in [0.15, 0.2) is 54.6 Å². The number of aryl methyl sites for hydroxylation is 1. The Balaban J connectivity index is 1.38. The van der Waals surface area contributed by atoms with Gasteiger partial charge in [0.1, 0.15) is 17.1 Å². The molecule has 0 unspecified atom stereocenters. The lowest BCUT2D eigenvalue weighted by Gasteiger charge is -2.34. The van der Waals surface area contributed by atoms with E-state index in [2.05, 4.69) is 18.2 Å². The van der Waals surface area contributed by atoms with E-state index in [0.717, 1.165) is 42.7 Å². The second kappa shape index (κ2) is 7.47. The van der Waals surface area contributed by atoms with Crippen molar-refractivity contribution < 1.29 is 14.6 Å². The molecule has 1 spiro atoms. The quantitative estimate of drug-likeness (QED) is 0.890. The van der Waals surface area contributed by atoms with E-state index in [1.807, 2.05) is 35.2 Å². The Hall–Kier alpha value is -2.75. The van der Waals surface area contributed by atoms with Gasteiger partial charge in [-0.25, -0.2) is 0 Å². The summed E-state index contributed by atoms with van der Waals surface area (Å²) in [7, 11) is 0. The van der Waals surface area contributed by atoms with Crippen molar-refractivity contribution in [2.75, 3.05) is 13.1 Å². The highest BCUT2D eigenvalue weighted by Crippen LogP contribution is 2.37. The molecule has 2 aromatic rings. The largest absolute Gasteiger partial charge is 0.508 e. The predicted octanol–water partition coefficient (Wildman–Crippen LogP) is 4.18. The molecule has 27 heavy (non-hydrogen) atoms. The van der Waals surface area contributed by atoms with E-state index in [0.29, 0.717) is 19.4 Å². The van der Waals surface area contributed by atoms with Gasteiger partial charge >= 0.3 is 0 Å². The molecule has 2 aliphatic heterocycles. The molecular weight excluding hydrogens is 338 g/mol. The van der Waals surface area contributed by atoms with Crippen LogP contribution in [0.1, 0.15) is 36.8 Å². The fraction of sp³-hybridized carbons (Fsp3) is 0.348. The first-order valence-corrected chi connectivity index (χ1v) is 9.67. The fourth-order valence-corrected chi connectivity index (χ4v) is 3.98. The molecule has 2 heterocycles. The molecule has 1 amide bonds. The van der Waals surface area contributed by atoms with Crippen molar-refractivity contribution in [1.82, 2.24) is 4.90 Å². The smallest absolute Gasteiger partial charge is 0.222 e. The number of fused-ring (bicyclic) bond motifs is 1. The third-order valence-electron chi connectivity index (χ3n) is 5.58. The summed E-state index contributed by atoms with van der Waals surface area (Å²) in [6.45, 7) is 1.46. The van der Waals surface area contributed by atoms with E-state index in [9.17, 15) is 9.90 Å². The van der Waals surface area contributed by atoms with Gasteiger partial charge in [-0.2, -0.15) is 0 Å². The topological polar surface area (TPSA) is 49.8 Å². The van der Waals surface area contributed by atoms with Gasteiger partial charge in [0, 0.05) is 31.5 Å². The number of phenols is 1. The zero-order chi connectivity index (χ0) is 18.7. The van der Waals surface area contributed by atoms with Gasteiger partial charge in [-0.15, -0.1) is 0 Å². The Labute approximate surface area is 160 Å². The SMILES string of the molecule is O=C(CCc1ccccc1O)N1CCC[C@]2(C=Cc3ccccc3O2)CC1. The minimum Gasteiger partial charge on any atom is -0.508 e. The van der Waals surface area contributed by atoms with Gasteiger partial charge in [-0.1, -0.05) is 42.5 Å². The number of hydrogen-bond donors (Lipinski definition) is 1. The summed E-state index contributed by atoms with van der Waals surface area (Å²) in [4.78, 5) is 14.6. The number of likely N-dealkylation sites (tertiary alicyclic amines) is 1. The first-order chi connectivity index (χ1) is 13.2. The number of ether oxygens (including phenoxy) is 1. The minimum atomic E-state index is -0.304. The monoisotopic (exact) mass is 363 g/mol. The molecule has 1 saturated heterocycles. The van der Waals surface area contributed by atoms with Crippen LogP contribution in [-0.4, -0.2) is 34.6 Å². The zero-order valence-corrected chi connectivity index (χ0v) is 15.4. The summed E-state index contributed by atoms with van der Waals surface area (Å²) < 4.78 is 6.36. The van der Waals surface area contributed by atoms with Gasteiger partial charge < -0.3 is 14.7 Å². The molecule has 140 valence electrons. The van der Waals surface area contributed by atoms with Gasteiger partial charge in [-0.3, -0.25) is 4.79 Å². The number of amides is 1. The Bertz CT molecular complexity index is 860. The van der Waals surface area contributed by atoms with Gasteiger partial charge in [0.15, 0.2) is 0 Å². The van der Waals surface area contributed by atoms with Crippen LogP contribution >= 0.6 is 0 Å². The molecule has 2 aliphatic rings. The highest BCUT2D eigenvalue weighted by molar-refractivity contribution is 5.76. The van der Waals surface area contributed by atoms with E-state index in [4.69, 9.17) is 4.74 Å². The van der Waals surface area contributed by atoms with E-state index >= 15 is 0 Å². The van der Waals surface area contributed by atoms with Crippen LogP contribution in [0.25, 0.3) is 6.08 Å². The lowest BCUT2D eigenvalue weighted by Crippen LogP contribution is -2.38. The summed E-state index contributed by atoms with van der Waals surface area (Å²) in [6, 6.07) is 15.3. The molecule has 0 aliphatic carbocycles. The number of nitrogens with zero attached hydrogens (tertiary/aromatic N) is 1. The molecule has 4 heteroatoms. The molecule has 1 N–H and O–H groups in total. The second-order valence-corrected chi connectivity index (χ2v) is 7.40. The van der Waals surface area contributed by atoms with Crippen molar-refractivity contribution in [3.8, 4) is 11.5 Å². The molecule has 1 fully saturated rings. The summed E-state index contributed by atoms with van der Waals surface area (Å²) in [5.41, 5.74) is 1.64. The molecule has 2 aromatic carbocycles. The molecule has 1 atom stereocenters. The molecule has 0 radical (unpaired) electrons. The van der Waals surface area contributed by atoms with E-state index in [1.54, 1.807) is 12.1 Å². The van der Waals surface area contributed by atoms with Crippen LogP contribution in [0.5, 0.6) is 11.5 Å². The Morgan fingerprint density at radius 1 is 1.07 bits per heavy atom. The van der Waals surface area contributed by atoms with Crippen molar-refractivity contribution in [3.63, 3.8) is 0 Å². The molecule has 0 aromatic heterocycles. The van der Waals surface area contributed by atoms with E-state index < -0.39 is 0 Å². The predicted molar refractivity (Wildman–Crippen MR) is 106 cm³/mol. The summed E-state index contributed by atoms with van der Waals surface area (Å²) >= 11 is 0. The Morgan fingerprint density at radius 2 is 1.89 bits per heavy atom. The lowest BCUT2D eigenvalue weighted by atomic mass is 9.91. The molecule has 0 bridgehead atoms. The number of para-hydroxylation sites is 2. The van der Waals surface area contributed by atoms with Gasteiger partial charge in [-0.05, 0) is 43.0 Å². The fourth-order valence-electron chi connectivity index (χ4n) is 3.98. The molecule has 4 rings (SSSR count). The number of aromatic hydroxyl groups is 1. The third kappa shape index (κ3) is 3.85. The summed E-state index contributed by atoms with van der Waals surface area (Å²) in [5, 5.41) is 9.88. The average Bonchev–Trinajstić information content (AvgIpc) is 2.90. The number of rotatable bonds is 3. The number of benzene rings is 2. The summed E-state index contributed by atoms with van der Waals surface area (Å²) in [5.74, 6) is 1.34. The maximum absolute atomic E-state index is 12.7. The molecular formula is C23H25NO3. The number of carbonyl (C=O) groups is 1. The Kier molecular flexibility index (Phi) is 4.88. The minimum absolute atomic E-state index is 0.149. The maximum Gasteiger partial charge on any atom is 0.222 e. The van der Waals surface area contributed by atoms with Crippen molar-refractivity contribution in [2.45, 2.75) is 37.7 Å². The van der Waals surface area contributed by atoms with Crippen LogP contribution in [0.3, 0.4) is 0 Å². The van der Waals surface area contributed by atoms with Gasteiger partial charge in [0.05, 0.1) is 0 Å². The zero-order valence-electron chi connectivity index (χ0n) is 15.4. The van der Waals surface area contributed by atoms with E-state index in [1.165, 1.54) is 0 Å². The number of carbonyl (C=O) groups excluding carboxylic acids is 1. The van der Waals surface area contributed by atoms with Crippen molar-refractivity contribution in [3.05, 3.63) is 65.7 Å². The lowest BCUT2D eigenvalue weighted by molar-refractivity contribution is -0.131. The normalized spacial score (nSPS) is 21.4. The summed E-state index contributed by atoms with van der Waals surface area (Å²) in [6.07, 6.45) is 7.96. The number of hydrogen-bond acceptors (Lipinski definition) is 3. The van der Waals surface area contributed by atoms with Gasteiger partial charge in [0.25, 0.3) is 0 Å². The molecule has 4 nitrogen and oxygen atoms in total. The number of phenolic OH excluding ortho intramolecular Hbond substituents is 1. The highest BCUT2D eigenvalue weighted by atomic mass is 16.5.